The molecule has 0 aliphatic carbocycles. The van der Waals surface area contributed by atoms with Gasteiger partial charge in [-0.25, -0.2) is 0 Å². The topological polar surface area (TPSA) is 77.3 Å². The number of hydrogen-bond donors (Lipinski definition) is 0. The molecule has 0 radical (unpaired) electrons. The van der Waals surface area contributed by atoms with Gasteiger partial charge in [0.15, 0.2) is 0 Å². The predicted molar refractivity (Wildman–Crippen MR) is 87.3 cm³/mol. The van der Waals surface area contributed by atoms with Crippen molar-refractivity contribution >= 4 is 45.5 Å². The van der Waals surface area contributed by atoms with Crippen molar-refractivity contribution in [3.63, 3.8) is 0 Å². The van der Waals surface area contributed by atoms with Gasteiger partial charge in [-0.1, -0.05) is 0 Å². The van der Waals surface area contributed by atoms with Crippen LogP contribution in [0.5, 0.6) is 0 Å². The number of fused-ring (bicyclic) bond motifs is 2. The Hall–Kier alpha value is -2.06. The maximum absolute atomic E-state index is 4.53. The molecule has 6 nitrogen and oxygen atoms in total. The fourth-order valence-electron chi connectivity index (χ4n) is 2.49. The lowest BCUT2D eigenvalue weighted by molar-refractivity contribution is 0.918. The molecule has 8 heteroatoms. The van der Waals surface area contributed by atoms with Crippen molar-refractivity contribution in [2.75, 3.05) is 0 Å². The van der Waals surface area contributed by atoms with E-state index in [-0.39, 0.29) is 0 Å². The van der Waals surface area contributed by atoms with E-state index in [0.29, 0.717) is 0 Å². The van der Waals surface area contributed by atoms with Crippen LogP contribution in [0, 0.1) is 13.8 Å². The van der Waals surface area contributed by atoms with Gasteiger partial charge < -0.3 is 0 Å². The fraction of sp³-hybridized carbons (Fsp3) is 0.286. The first-order chi connectivity index (χ1) is 10.7. The highest BCUT2D eigenvalue weighted by Gasteiger charge is 2.13. The van der Waals surface area contributed by atoms with Gasteiger partial charge in [0.2, 0.25) is 0 Å². The molecule has 22 heavy (non-hydrogen) atoms. The largest absolute Gasteiger partial charge is 0.259 e. The normalized spacial score (nSPS) is 11.5. The van der Waals surface area contributed by atoms with Crippen LogP contribution in [0.2, 0.25) is 0 Å². The van der Waals surface area contributed by atoms with E-state index >= 15 is 0 Å². The molecule has 0 aromatic carbocycles. The zero-order valence-electron chi connectivity index (χ0n) is 12.1. The Balaban J connectivity index is 1.69. The highest BCUT2D eigenvalue weighted by molar-refractivity contribution is 7.00. The van der Waals surface area contributed by atoms with Crippen molar-refractivity contribution in [3.8, 4) is 0 Å². The molecule has 0 amide bonds. The molecule has 0 saturated heterocycles. The van der Waals surface area contributed by atoms with Crippen molar-refractivity contribution in [1.29, 1.82) is 0 Å². The first-order valence-corrected chi connectivity index (χ1v) is 8.33. The smallest absolute Gasteiger partial charge is 0.126 e. The minimum Gasteiger partial charge on any atom is -0.259 e. The Morgan fingerprint density at radius 3 is 2.36 bits per heavy atom. The van der Waals surface area contributed by atoms with Crippen LogP contribution in [0.25, 0.3) is 22.1 Å². The van der Waals surface area contributed by atoms with Gasteiger partial charge in [0.25, 0.3) is 0 Å². The van der Waals surface area contributed by atoms with Gasteiger partial charge in [-0.05, 0) is 37.8 Å². The number of pyridine rings is 2. The standard InChI is InChI=1S/C14H12N6S2/c1-7-5-16-10(14-11(7)17-21-20-14)4-3-9-6-15-8(2)12-13(9)19-22-18-12/h5-6H,3-4H2,1-2H3. The third-order valence-electron chi connectivity index (χ3n) is 3.73. The van der Waals surface area contributed by atoms with Crippen LogP contribution in [-0.2, 0) is 12.8 Å². The lowest BCUT2D eigenvalue weighted by atomic mass is 10.1. The van der Waals surface area contributed by atoms with Gasteiger partial charge in [-0.15, -0.1) is 0 Å². The van der Waals surface area contributed by atoms with Crippen molar-refractivity contribution < 1.29 is 0 Å². The predicted octanol–water partition coefficient (Wildman–Crippen LogP) is 2.89. The lowest BCUT2D eigenvalue weighted by Crippen LogP contribution is -1.99. The van der Waals surface area contributed by atoms with Crippen LogP contribution in [0.15, 0.2) is 12.4 Å². The van der Waals surface area contributed by atoms with Crippen molar-refractivity contribution in [2.45, 2.75) is 26.7 Å². The minimum atomic E-state index is 0.791. The van der Waals surface area contributed by atoms with E-state index in [1.54, 1.807) is 0 Å². The Labute approximate surface area is 134 Å². The third-order valence-corrected chi connectivity index (χ3v) is 4.79. The first kappa shape index (κ1) is 13.6. The number of hydrogen-bond acceptors (Lipinski definition) is 8. The Morgan fingerprint density at radius 1 is 0.773 bits per heavy atom. The second-order valence-corrected chi connectivity index (χ2v) is 6.24. The number of aromatic nitrogens is 6. The number of rotatable bonds is 3. The summed E-state index contributed by atoms with van der Waals surface area (Å²) in [5.74, 6) is 0. The molecule has 4 aromatic rings. The SMILES string of the molecule is Cc1cnc(CCc2cnc(C)c3nsnc23)c2nsnc12. The fourth-order valence-corrected chi connectivity index (χ4v) is 3.74. The summed E-state index contributed by atoms with van der Waals surface area (Å²) < 4.78 is 17.5. The maximum atomic E-state index is 4.53. The van der Waals surface area contributed by atoms with Gasteiger partial charge in [0.05, 0.1) is 34.8 Å². The summed E-state index contributed by atoms with van der Waals surface area (Å²) in [4.78, 5) is 8.95. The Kier molecular flexibility index (Phi) is 3.27. The molecule has 0 bridgehead atoms. The van der Waals surface area contributed by atoms with E-state index in [4.69, 9.17) is 0 Å². The van der Waals surface area contributed by atoms with Gasteiger partial charge in [0, 0.05) is 12.4 Å². The van der Waals surface area contributed by atoms with Crippen molar-refractivity contribution in [3.05, 3.63) is 34.9 Å². The molecule has 0 aliphatic rings. The molecule has 0 fully saturated rings. The molecule has 110 valence electrons. The van der Waals surface area contributed by atoms with Crippen molar-refractivity contribution in [2.24, 2.45) is 0 Å². The molecule has 0 unspecified atom stereocenters. The molecule has 0 aliphatic heterocycles. The monoisotopic (exact) mass is 328 g/mol. The summed E-state index contributed by atoms with van der Waals surface area (Å²) in [6.45, 7) is 3.97. The van der Waals surface area contributed by atoms with Crippen LogP contribution < -0.4 is 0 Å². The Morgan fingerprint density at radius 2 is 1.50 bits per heavy atom. The van der Waals surface area contributed by atoms with Crippen molar-refractivity contribution in [1.82, 2.24) is 27.5 Å². The lowest BCUT2D eigenvalue weighted by Gasteiger charge is -2.04. The van der Waals surface area contributed by atoms with Gasteiger partial charge in [0.1, 0.15) is 22.1 Å². The van der Waals surface area contributed by atoms with E-state index in [9.17, 15) is 0 Å². The quantitative estimate of drug-likeness (QED) is 0.575. The minimum absolute atomic E-state index is 0.791. The first-order valence-electron chi connectivity index (χ1n) is 6.87. The molecule has 0 saturated carbocycles. The van der Waals surface area contributed by atoms with Crippen LogP contribution in [0.4, 0.5) is 0 Å². The highest BCUT2D eigenvalue weighted by Crippen LogP contribution is 2.22. The number of nitrogens with zero attached hydrogens (tertiary/aromatic N) is 6. The van der Waals surface area contributed by atoms with Gasteiger partial charge in [-0.3, -0.25) is 9.97 Å². The van der Waals surface area contributed by atoms with Crippen LogP contribution in [0.1, 0.15) is 22.5 Å². The van der Waals surface area contributed by atoms with Crippen LogP contribution in [0.3, 0.4) is 0 Å². The second-order valence-electron chi connectivity index (χ2n) is 5.18. The summed E-state index contributed by atoms with van der Waals surface area (Å²) in [7, 11) is 0. The summed E-state index contributed by atoms with van der Waals surface area (Å²) in [6.07, 6.45) is 5.37. The molecule has 0 N–H and O–H groups in total. The highest BCUT2D eigenvalue weighted by atomic mass is 32.1. The van der Waals surface area contributed by atoms with Gasteiger partial charge >= 0.3 is 0 Å². The van der Waals surface area contributed by atoms with E-state index in [2.05, 4.69) is 27.5 Å². The average molecular weight is 328 g/mol. The van der Waals surface area contributed by atoms with Crippen LogP contribution >= 0.6 is 23.5 Å². The zero-order chi connectivity index (χ0) is 15.1. The molecular weight excluding hydrogens is 316 g/mol. The zero-order valence-corrected chi connectivity index (χ0v) is 13.7. The Bertz CT molecular complexity index is 894. The molecule has 4 heterocycles. The summed E-state index contributed by atoms with van der Waals surface area (Å²) in [5.41, 5.74) is 7.80. The molecule has 0 atom stereocenters. The second kappa shape index (κ2) is 5.29. The molecule has 4 rings (SSSR count). The third kappa shape index (κ3) is 2.15. The molecule has 0 spiro atoms. The average Bonchev–Trinajstić information content (AvgIpc) is 3.18. The van der Waals surface area contributed by atoms with E-state index < -0.39 is 0 Å². The maximum Gasteiger partial charge on any atom is 0.126 e. The molecular formula is C14H12N6S2. The summed E-state index contributed by atoms with van der Waals surface area (Å²) in [6, 6.07) is 0. The number of aryl methyl sites for hydroxylation is 4. The summed E-state index contributed by atoms with van der Waals surface area (Å²) >= 11 is 2.47. The van der Waals surface area contributed by atoms with E-state index in [1.165, 1.54) is 23.5 Å². The van der Waals surface area contributed by atoms with E-state index in [1.807, 2.05) is 26.2 Å². The van der Waals surface area contributed by atoms with Gasteiger partial charge in [-0.2, -0.15) is 17.5 Å². The molecule has 4 aromatic heterocycles. The summed E-state index contributed by atoms with van der Waals surface area (Å²) in [5, 5.41) is 0. The van der Waals surface area contributed by atoms with Crippen LogP contribution in [-0.4, -0.2) is 27.5 Å². The van der Waals surface area contributed by atoms with E-state index in [0.717, 1.165) is 57.4 Å².